The lowest BCUT2D eigenvalue weighted by molar-refractivity contribution is 0.101. The van der Waals surface area contributed by atoms with Crippen LogP contribution in [0.1, 0.15) is 26.8 Å². The van der Waals surface area contributed by atoms with Crippen LogP contribution in [0, 0.1) is 6.92 Å². The third kappa shape index (κ3) is 2.80. The van der Waals surface area contributed by atoms with E-state index >= 15 is 0 Å². The summed E-state index contributed by atoms with van der Waals surface area (Å²) in [7, 11) is 1.36. The quantitative estimate of drug-likeness (QED) is 0.905. The predicted molar refractivity (Wildman–Crippen MR) is 77.8 cm³/mol. The van der Waals surface area contributed by atoms with E-state index in [1.807, 2.05) is 0 Å². The summed E-state index contributed by atoms with van der Waals surface area (Å²) >= 11 is 1.35. The van der Waals surface area contributed by atoms with Crippen LogP contribution in [0.25, 0.3) is 0 Å². The first-order valence-corrected chi connectivity index (χ1v) is 7.44. The van der Waals surface area contributed by atoms with Gasteiger partial charge in [-0.25, -0.2) is 9.78 Å². The first-order chi connectivity index (χ1) is 10.6. The van der Waals surface area contributed by atoms with Gasteiger partial charge in [0.15, 0.2) is 10.8 Å². The van der Waals surface area contributed by atoms with Gasteiger partial charge in [-0.05, 0) is 6.92 Å². The molecule has 1 aliphatic heterocycles. The van der Waals surface area contributed by atoms with E-state index in [9.17, 15) is 9.59 Å². The van der Waals surface area contributed by atoms with Crippen molar-refractivity contribution in [3.8, 4) is 0 Å². The highest BCUT2D eigenvalue weighted by molar-refractivity contribution is 7.15. The fourth-order valence-corrected chi connectivity index (χ4v) is 3.19. The molecule has 0 fully saturated rings. The average molecular weight is 322 g/mol. The molecule has 9 heteroatoms. The number of hydrogen-bond donors (Lipinski definition) is 1. The Morgan fingerprint density at radius 1 is 1.50 bits per heavy atom. The van der Waals surface area contributed by atoms with Crippen molar-refractivity contribution in [1.29, 1.82) is 0 Å². The summed E-state index contributed by atoms with van der Waals surface area (Å²) < 4.78 is 9.59. The van der Waals surface area contributed by atoms with E-state index in [1.165, 1.54) is 18.4 Å². The number of nitrogens with one attached hydrogen (secondary N) is 1. The van der Waals surface area contributed by atoms with Crippen LogP contribution in [0.3, 0.4) is 0 Å². The number of aromatic nitrogens is 2. The van der Waals surface area contributed by atoms with Crippen LogP contribution < -0.4 is 5.32 Å². The molecule has 3 rings (SSSR count). The van der Waals surface area contributed by atoms with Crippen LogP contribution in [-0.4, -0.2) is 40.7 Å². The number of methoxy groups -OCH3 is 1. The van der Waals surface area contributed by atoms with Gasteiger partial charge in [-0.2, -0.15) is 0 Å². The molecule has 3 heterocycles. The molecule has 0 aliphatic carbocycles. The fraction of sp³-hybridized carbons (Fsp3) is 0.385. The maximum absolute atomic E-state index is 12.0. The molecule has 116 valence electrons. The second-order valence-corrected chi connectivity index (χ2v) is 5.89. The van der Waals surface area contributed by atoms with Crippen LogP contribution in [0.2, 0.25) is 0 Å². The van der Waals surface area contributed by atoms with Gasteiger partial charge in [0, 0.05) is 23.9 Å². The van der Waals surface area contributed by atoms with E-state index in [2.05, 4.69) is 15.5 Å². The van der Waals surface area contributed by atoms with Crippen molar-refractivity contribution < 1.29 is 18.8 Å². The number of thiazole rings is 1. The number of amides is 2. The highest BCUT2D eigenvalue weighted by Gasteiger charge is 2.25. The maximum atomic E-state index is 12.0. The maximum Gasteiger partial charge on any atom is 0.409 e. The van der Waals surface area contributed by atoms with Gasteiger partial charge >= 0.3 is 6.09 Å². The van der Waals surface area contributed by atoms with Gasteiger partial charge in [-0.15, -0.1) is 0 Å². The van der Waals surface area contributed by atoms with E-state index in [4.69, 9.17) is 9.26 Å². The second-order valence-electron chi connectivity index (χ2n) is 4.81. The van der Waals surface area contributed by atoms with E-state index in [0.717, 1.165) is 10.6 Å². The molecule has 0 saturated heterocycles. The summed E-state index contributed by atoms with van der Waals surface area (Å²) in [5, 5.41) is 6.85. The first-order valence-electron chi connectivity index (χ1n) is 6.63. The monoisotopic (exact) mass is 322 g/mol. The molecule has 22 heavy (non-hydrogen) atoms. The standard InChI is InChI=1S/C13H14N4O4S/c1-7-5-9(16-21-7)11(18)15-12-14-8-3-4-17(13(19)20-2)6-10(8)22-12/h5H,3-4,6H2,1-2H3,(H,14,15,18). The van der Waals surface area contributed by atoms with Gasteiger partial charge in [-0.1, -0.05) is 16.5 Å². The molecule has 2 aromatic heterocycles. The van der Waals surface area contributed by atoms with E-state index in [1.54, 1.807) is 17.9 Å². The number of carbonyl (C=O) groups excluding carboxylic acids is 2. The minimum absolute atomic E-state index is 0.210. The smallest absolute Gasteiger partial charge is 0.409 e. The number of carbonyl (C=O) groups is 2. The zero-order valence-corrected chi connectivity index (χ0v) is 12.9. The van der Waals surface area contributed by atoms with Crippen molar-refractivity contribution in [3.63, 3.8) is 0 Å². The van der Waals surface area contributed by atoms with E-state index in [0.29, 0.717) is 30.4 Å². The van der Waals surface area contributed by atoms with Gasteiger partial charge < -0.3 is 14.2 Å². The molecule has 0 bridgehead atoms. The molecule has 0 atom stereocenters. The van der Waals surface area contributed by atoms with Crippen LogP contribution >= 0.6 is 11.3 Å². The number of hydrogen-bond acceptors (Lipinski definition) is 7. The van der Waals surface area contributed by atoms with Crippen LogP contribution in [0.5, 0.6) is 0 Å². The molecule has 0 unspecified atom stereocenters. The van der Waals surface area contributed by atoms with E-state index in [-0.39, 0.29) is 17.7 Å². The number of ether oxygens (including phenoxy) is 1. The summed E-state index contributed by atoms with van der Waals surface area (Å²) in [6.07, 6.45) is 0.280. The Kier molecular flexibility index (Phi) is 3.80. The molecule has 0 radical (unpaired) electrons. The third-order valence-electron chi connectivity index (χ3n) is 3.25. The second kappa shape index (κ2) is 5.76. The Bertz CT molecular complexity index is 723. The molecular formula is C13H14N4O4S. The lowest BCUT2D eigenvalue weighted by Gasteiger charge is -2.24. The fourth-order valence-electron chi connectivity index (χ4n) is 2.17. The largest absolute Gasteiger partial charge is 0.453 e. The lowest BCUT2D eigenvalue weighted by Crippen LogP contribution is -2.35. The molecule has 0 aromatic carbocycles. The number of rotatable bonds is 2. The minimum atomic E-state index is -0.368. The summed E-state index contributed by atoms with van der Waals surface area (Å²) in [5.41, 5.74) is 1.11. The van der Waals surface area contributed by atoms with Gasteiger partial charge in [0.05, 0.1) is 19.3 Å². The topological polar surface area (TPSA) is 97.6 Å². The SMILES string of the molecule is COC(=O)N1CCc2nc(NC(=O)c3cc(C)on3)sc2C1. The predicted octanol–water partition coefficient (Wildman–Crippen LogP) is 1.82. The molecule has 0 saturated carbocycles. The molecule has 1 N–H and O–H groups in total. The lowest BCUT2D eigenvalue weighted by atomic mass is 10.2. The number of nitrogens with zero attached hydrogens (tertiary/aromatic N) is 3. The van der Waals surface area contributed by atoms with Crippen LogP contribution in [0.4, 0.5) is 9.93 Å². The van der Waals surface area contributed by atoms with Crippen LogP contribution in [-0.2, 0) is 17.7 Å². The highest BCUT2D eigenvalue weighted by atomic mass is 32.1. The summed E-state index contributed by atoms with van der Waals surface area (Å²) in [5.74, 6) is 0.199. The third-order valence-corrected chi connectivity index (χ3v) is 4.24. The Balaban J connectivity index is 1.71. The minimum Gasteiger partial charge on any atom is -0.453 e. The van der Waals surface area contributed by atoms with Gasteiger partial charge in [0.2, 0.25) is 0 Å². The summed E-state index contributed by atoms with van der Waals surface area (Å²) in [4.78, 5) is 30.5. The summed E-state index contributed by atoms with van der Waals surface area (Å²) in [6.45, 7) is 2.71. The number of anilines is 1. The normalized spacial score (nSPS) is 13.6. The van der Waals surface area contributed by atoms with Gasteiger partial charge in [0.25, 0.3) is 5.91 Å². The van der Waals surface area contributed by atoms with Crippen molar-refractivity contribution in [2.45, 2.75) is 19.9 Å². The molecule has 1 aliphatic rings. The van der Waals surface area contributed by atoms with E-state index < -0.39 is 0 Å². The van der Waals surface area contributed by atoms with Crippen molar-refractivity contribution in [2.24, 2.45) is 0 Å². The molecule has 2 aromatic rings. The van der Waals surface area contributed by atoms with Crippen molar-refractivity contribution >= 4 is 28.5 Å². The average Bonchev–Trinajstić information content (AvgIpc) is 3.11. The van der Waals surface area contributed by atoms with Crippen molar-refractivity contribution in [2.75, 3.05) is 19.0 Å². The van der Waals surface area contributed by atoms with Gasteiger partial charge in [0.1, 0.15) is 5.76 Å². The van der Waals surface area contributed by atoms with Crippen LogP contribution in [0.15, 0.2) is 10.6 Å². The Morgan fingerprint density at radius 2 is 2.32 bits per heavy atom. The first kappa shape index (κ1) is 14.5. The molecule has 8 nitrogen and oxygen atoms in total. The van der Waals surface area contributed by atoms with Crippen molar-refractivity contribution in [1.82, 2.24) is 15.0 Å². The zero-order valence-electron chi connectivity index (χ0n) is 12.1. The Morgan fingerprint density at radius 3 is 3.00 bits per heavy atom. The molecule has 0 spiro atoms. The number of aryl methyl sites for hydroxylation is 1. The Hall–Kier alpha value is -2.42. The zero-order chi connectivity index (χ0) is 15.7. The highest BCUT2D eigenvalue weighted by Crippen LogP contribution is 2.28. The molecule has 2 amide bonds. The Labute approximate surface area is 130 Å². The molecular weight excluding hydrogens is 308 g/mol. The van der Waals surface area contributed by atoms with Crippen molar-refractivity contribution in [3.05, 3.63) is 28.1 Å². The summed E-state index contributed by atoms with van der Waals surface area (Å²) in [6, 6.07) is 1.56. The number of fused-ring (bicyclic) bond motifs is 1. The van der Waals surface area contributed by atoms with Gasteiger partial charge in [-0.3, -0.25) is 10.1 Å².